The van der Waals surface area contributed by atoms with E-state index in [1.165, 1.54) is 18.4 Å². The van der Waals surface area contributed by atoms with Crippen LogP contribution >= 0.6 is 0 Å². The van der Waals surface area contributed by atoms with E-state index < -0.39 is 12.0 Å². The van der Waals surface area contributed by atoms with E-state index in [1.54, 1.807) is 18.2 Å². The fraction of sp³-hybridized carbons (Fsp3) is 0.400. The third-order valence-electron chi connectivity index (χ3n) is 6.11. The predicted octanol–water partition coefficient (Wildman–Crippen LogP) is 3.70. The number of rotatable bonds is 5. The lowest BCUT2D eigenvalue weighted by atomic mass is 9.94. The van der Waals surface area contributed by atoms with Crippen molar-refractivity contribution in [2.24, 2.45) is 0 Å². The maximum atomic E-state index is 13.6. The number of aryl methyl sites for hydroxylation is 1. The molecule has 1 aliphatic carbocycles. The molecule has 1 aliphatic heterocycles. The number of ether oxygens (including phenoxy) is 2. The van der Waals surface area contributed by atoms with E-state index in [2.05, 4.69) is 5.32 Å². The second-order valence-electron chi connectivity index (χ2n) is 8.38. The number of hydrogen-bond donors (Lipinski definition) is 1. The Morgan fingerprint density at radius 1 is 1.09 bits per heavy atom. The van der Waals surface area contributed by atoms with Gasteiger partial charge in [0, 0.05) is 6.04 Å². The van der Waals surface area contributed by atoms with Crippen molar-refractivity contribution in [3.8, 4) is 5.75 Å². The van der Waals surface area contributed by atoms with Gasteiger partial charge in [0.1, 0.15) is 11.8 Å². The number of hydrogen-bond acceptors (Lipinski definition) is 5. The largest absolute Gasteiger partial charge is 0.482 e. The number of fused-ring (bicyclic) bond motifs is 1. The number of nitrogens with one attached hydrogen (secondary N) is 1. The molecule has 7 nitrogen and oxygen atoms in total. The minimum absolute atomic E-state index is 0.0983. The van der Waals surface area contributed by atoms with Gasteiger partial charge >= 0.3 is 5.97 Å². The summed E-state index contributed by atoms with van der Waals surface area (Å²) in [6, 6.07) is 11.6. The highest BCUT2D eigenvalue weighted by Crippen LogP contribution is 2.39. The van der Waals surface area contributed by atoms with Crippen molar-refractivity contribution in [3.05, 3.63) is 59.2 Å². The molecule has 2 aromatic rings. The molecule has 4 rings (SSSR count). The Morgan fingerprint density at radius 2 is 1.81 bits per heavy atom. The van der Waals surface area contributed by atoms with Crippen molar-refractivity contribution in [3.63, 3.8) is 0 Å². The summed E-state index contributed by atoms with van der Waals surface area (Å²) in [5.41, 5.74) is 2.42. The van der Waals surface area contributed by atoms with Gasteiger partial charge in [-0.3, -0.25) is 14.5 Å². The maximum absolute atomic E-state index is 13.6. The third-order valence-corrected chi connectivity index (χ3v) is 6.11. The standard InChI is InChI=1S/C25H28N2O5/c1-16-8-10-17(11-9-16)23(24(29)26-19-6-4-3-5-7-19)27-20-14-18(25(30)31-2)12-13-21(20)32-15-22(27)28/h8-14,19,23H,3-7,15H2,1-2H3,(H,26,29). The second kappa shape index (κ2) is 9.42. The molecule has 1 atom stereocenters. The first-order chi connectivity index (χ1) is 15.5. The number of anilines is 1. The van der Waals surface area contributed by atoms with Crippen LogP contribution < -0.4 is 15.0 Å². The molecule has 0 bridgehead atoms. The van der Waals surface area contributed by atoms with Crippen LogP contribution in [0.4, 0.5) is 5.69 Å². The van der Waals surface area contributed by atoms with E-state index in [0.717, 1.165) is 31.2 Å². The lowest BCUT2D eigenvalue weighted by Gasteiger charge is -2.36. The van der Waals surface area contributed by atoms with E-state index in [-0.39, 0.29) is 30.0 Å². The molecule has 32 heavy (non-hydrogen) atoms. The molecule has 2 aliphatic rings. The van der Waals surface area contributed by atoms with Crippen LogP contribution in [0.5, 0.6) is 5.75 Å². The van der Waals surface area contributed by atoms with Crippen molar-refractivity contribution in [2.75, 3.05) is 18.6 Å². The maximum Gasteiger partial charge on any atom is 0.337 e. The van der Waals surface area contributed by atoms with Gasteiger partial charge in [0.2, 0.25) is 5.91 Å². The van der Waals surface area contributed by atoms with Gasteiger partial charge in [-0.05, 0) is 43.5 Å². The lowest BCUT2D eigenvalue weighted by molar-refractivity contribution is -0.128. The number of carbonyl (C=O) groups excluding carboxylic acids is 3. The molecule has 168 valence electrons. The molecule has 1 heterocycles. The molecule has 1 saturated carbocycles. The number of amides is 2. The molecule has 1 N–H and O–H groups in total. The molecule has 7 heteroatoms. The highest BCUT2D eigenvalue weighted by atomic mass is 16.5. The molecule has 0 aromatic heterocycles. The first kappa shape index (κ1) is 21.9. The van der Waals surface area contributed by atoms with Crippen LogP contribution in [-0.2, 0) is 14.3 Å². The van der Waals surface area contributed by atoms with Crippen molar-refractivity contribution in [2.45, 2.75) is 51.1 Å². The second-order valence-corrected chi connectivity index (χ2v) is 8.38. The average molecular weight is 437 g/mol. The quantitative estimate of drug-likeness (QED) is 0.723. The molecule has 1 fully saturated rings. The summed E-state index contributed by atoms with van der Waals surface area (Å²) in [5.74, 6) is -0.654. The topological polar surface area (TPSA) is 84.9 Å². The molecule has 0 saturated heterocycles. The van der Waals surface area contributed by atoms with Gasteiger partial charge in [0.05, 0.1) is 18.4 Å². The van der Waals surface area contributed by atoms with Gasteiger partial charge in [0.15, 0.2) is 6.61 Å². The van der Waals surface area contributed by atoms with Crippen LogP contribution in [-0.4, -0.2) is 37.5 Å². The fourth-order valence-corrected chi connectivity index (χ4v) is 4.39. The van der Waals surface area contributed by atoms with Gasteiger partial charge < -0.3 is 14.8 Å². The van der Waals surface area contributed by atoms with E-state index in [1.807, 2.05) is 31.2 Å². The SMILES string of the molecule is COC(=O)c1ccc2c(c1)N(C(C(=O)NC1CCCCC1)c1ccc(C)cc1)C(=O)CO2. The highest BCUT2D eigenvalue weighted by Gasteiger charge is 2.38. The Morgan fingerprint density at radius 3 is 2.50 bits per heavy atom. The Hall–Kier alpha value is -3.35. The monoisotopic (exact) mass is 436 g/mol. The summed E-state index contributed by atoms with van der Waals surface area (Å²) in [5, 5.41) is 3.16. The molecule has 2 aromatic carbocycles. The van der Waals surface area contributed by atoms with Gasteiger partial charge in [-0.15, -0.1) is 0 Å². The molecule has 0 radical (unpaired) electrons. The summed E-state index contributed by atoms with van der Waals surface area (Å²) in [4.78, 5) is 40.2. The summed E-state index contributed by atoms with van der Waals surface area (Å²) >= 11 is 0. The average Bonchev–Trinajstić information content (AvgIpc) is 2.81. The normalized spacial score (nSPS) is 17.2. The summed E-state index contributed by atoms with van der Waals surface area (Å²) in [6.07, 6.45) is 5.22. The number of benzene rings is 2. The van der Waals surface area contributed by atoms with Crippen molar-refractivity contribution >= 4 is 23.5 Å². The molecule has 2 amide bonds. The number of nitrogens with zero attached hydrogens (tertiary/aromatic N) is 1. The Labute approximate surface area is 187 Å². The predicted molar refractivity (Wildman–Crippen MR) is 120 cm³/mol. The fourth-order valence-electron chi connectivity index (χ4n) is 4.39. The van der Waals surface area contributed by atoms with Crippen LogP contribution in [0.1, 0.15) is 59.6 Å². The Kier molecular flexibility index (Phi) is 6.44. The van der Waals surface area contributed by atoms with E-state index in [4.69, 9.17) is 9.47 Å². The summed E-state index contributed by atoms with van der Waals surface area (Å²) in [7, 11) is 1.30. The van der Waals surface area contributed by atoms with E-state index >= 15 is 0 Å². The first-order valence-electron chi connectivity index (χ1n) is 11.0. The summed E-state index contributed by atoms with van der Waals surface area (Å²) in [6.45, 7) is 1.79. The molecule has 1 unspecified atom stereocenters. The van der Waals surface area contributed by atoms with Gasteiger partial charge in [0.25, 0.3) is 5.91 Å². The first-order valence-corrected chi connectivity index (χ1v) is 11.0. The van der Waals surface area contributed by atoms with Gasteiger partial charge in [-0.2, -0.15) is 0 Å². The van der Waals surface area contributed by atoms with Crippen LogP contribution in [0.25, 0.3) is 0 Å². The Bertz CT molecular complexity index is 1010. The molecule has 0 spiro atoms. The smallest absolute Gasteiger partial charge is 0.337 e. The molecular formula is C25H28N2O5. The zero-order valence-electron chi connectivity index (χ0n) is 18.4. The highest BCUT2D eigenvalue weighted by molar-refractivity contribution is 6.05. The van der Waals surface area contributed by atoms with Crippen LogP contribution in [0.3, 0.4) is 0 Å². The summed E-state index contributed by atoms with van der Waals surface area (Å²) < 4.78 is 10.4. The minimum Gasteiger partial charge on any atom is -0.482 e. The van der Waals surface area contributed by atoms with Gasteiger partial charge in [-0.25, -0.2) is 4.79 Å². The minimum atomic E-state index is -0.874. The van der Waals surface area contributed by atoms with Gasteiger partial charge in [-0.1, -0.05) is 49.1 Å². The van der Waals surface area contributed by atoms with Crippen molar-refractivity contribution in [1.82, 2.24) is 5.32 Å². The van der Waals surface area contributed by atoms with Crippen LogP contribution in [0.2, 0.25) is 0 Å². The van der Waals surface area contributed by atoms with Crippen molar-refractivity contribution in [1.29, 1.82) is 0 Å². The van der Waals surface area contributed by atoms with E-state index in [0.29, 0.717) is 17.0 Å². The van der Waals surface area contributed by atoms with Crippen molar-refractivity contribution < 1.29 is 23.9 Å². The number of carbonyl (C=O) groups is 3. The number of esters is 1. The van der Waals surface area contributed by atoms with Crippen LogP contribution in [0, 0.1) is 6.92 Å². The number of methoxy groups -OCH3 is 1. The zero-order chi connectivity index (χ0) is 22.7. The zero-order valence-corrected chi connectivity index (χ0v) is 18.4. The lowest BCUT2D eigenvalue weighted by Crippen LogP contribution is -2.49. The van der Waals surface area contributed by atoms with E-state index in [9.17, 15) is 14.4 Å². The molecular weight excluding hydrogens is 408 g/mol. The third kappa shape index (κ3) is 4.47. The van der Waals surface area contributed by atoms with Crippen LogP contribution in [0.15, 0.2) is 42.5 Å². The Balaban J connectivity index is 1.76.